The summed E-state index contributed by atoms with van der Waals surface area (Å²) in [7, 11) is 0. The summed E-state index contributed by atoms with van der Waals surface area (Å²) >= 11 is 1.68. The fourth-order valence-corrected chi connectivity index (χ4v) is 2.74. The van der Waals surface area contributed by atoms with Crippen molar-refractivity contribution in [1.82, 2.24) is 9.97 Å². The number of aromatic nitrogens is 2. The second-order valence-corrected chi connectivity index (χ2v) is 5.60. The third-order valence-corrected chi connectivity index (χ3v) is 3.79. The molecule has 2 aromatic heterocycles. The summed E-state index contributed by atoms with van der Waals surface area (Å²) in [6.07, 6.45) is 0. The van der Waals surface area contributed by atoms with Crippen LogP contribution in [0.25, 0.3) is 10.9 Å². The van der Waals surface area contributed by atoms with Crippen molar-refractivity contribution in [2.45, 2.75) is 20.4 Å². The van der Waals surface area contributed by atoms with Gasteiger partial charge in [-0.25, -0.2) is 4.98 Å². The number of rotatable bonds is 3. The Morgan fingerprint density at radius 3 is 2.79 bits per heavy atom. The van der Waals surface area contributed by atoms with Gasteiger partial charge in [0, 0.05) is 22.1 Å². The average molecular weight is 269 g/mol. The first-order valence-corrected chi connectivity index (χ1v) is 7.11. The summed E-state index contributed by atoms with van der Waals surface area (Å²) in [5.41, 5.74) is 4.25. The van der Waals surface area contributed by atoms with E-state index in [1.165, 1.54) is 0 Å². The van der Waals surface area contributed by atoms with E-state index < -0.39 is 0 Å². The van der Waals surface area contributed by atoms with Gasteiger partial charge in [0.15, 0.2) is 0 Å². The number of thiazole rings is 1. The van der Waals surface area contributed by atoms with Crippen molar-refractivity contribution in [3.63, 3.8) is 0 Å². The highest BCUT2D eigenvalue weighted by Gasteiger charge is 2.04. The van der Waals surface area contributed by atoms with Gasteiger partial charge in [0.1, 0.15) is 0 Å². The molecule has 0 bridgehead atoms. The first kappa shape index (κ1) is 12.1. The number of fused-ring (bicyclic) bond motifs is 1. The highest BCUT2D eigenvalue weighted by atomic mass is 32.1. The minimum atomic E-state index is 0.748. The van der Waals surface area contributed by atoms with E-state index in [0.717, 1.165) is 39.5 Å². The lowest BCUT2D eigenvalue weighted by molar-refractivity contribution is 1.05. The first-order chi connectivity index (χ1) is 9.22. The number of nitrogens with zero attached hydrogens (tertiary/aromatic N) is 2. The van der Waals surface area contributed by atoms with E-state index in [1.54, 1.807) is 11.3 Å². The second-order valence-electron chi connectivity index (χ2n) is 4.54. The Kier molecular flexibility index (Phi) is 3.17. The number of hydrogen-bond donors (Lipinski definition) is 1. The van der Waals surface area contributed by atoms with Gasteiger partial charge in [-0.3, -0.25) is 4.98 Å². The van der Waals surface area contributed by atoms with Crippen LogP contribution in [0.1, 0.15) is 16.4 Å². The number of benzene rings is 1. The average Bonchev–Trinajstić information content (AvgIpc) is 2.81. The summed E-state index contributed by atoms with van der Waals surface area (Å²) < 4.78 is 0. The molecule has 1 N–H and O–H groups in total. The highest BCUT2D eigenvalue weighted by molar-refractivity contribution is 7.09. The molecule has 0 saturated carbocycles. The largest absolute Gasteiger partial charge is 0.379 e. The zero-order valence-corrected chi connectivity index (χ0v) is 11.8. The molecule has 0 aliphatic rings. The van der Waals surface area contributed by atoms with Crippen LogP contribution in [0.5, 0.6) is 0 Å². The summed E-state index contributed by atoms with van der Waals surface area (Å²) in [5, 5.41) is 7.82. The first-order valence-electron chi connectivity index (χ1n) is 6.23. The molecule has 0 unspecified atom stereocenters. The van der Waals surface area contributed by atoms with Crippen LogP contribution in [-0.2, 0) is 6.54 Å². The quantitative estimate of drug-likeness (QED) is 0.783. The maximum Gasteiger partial charge on any atom is 0.0898 e. The van der Waals surface area contributed by atoms with Gasteiger partial charge in [0.05, 0.1) is 22.8 Å². The van der Waals surface area contributed by atoms with Gasteiger partial charge in [0.2, 0.25) is 0 Å². The molecule has 0 saturated heterocycles. The molecule has 3 aromatic rings. The predicted molar refractivity (Wildman–Crippen MR) is 80.7 cm³/mol. The van der Waals surface area contributed by atoms with Gasteiger partial charge >= 0.3 is 0 Å². The van der Waals surface area contributed by atoms with Crippen molar-refractivity contribution in [2.75, 3.05) is 5.32 Å². The Bertz CT molecular complexity index is 718. The maximum atomic E-state index is 4.54. The SMILES string of the molecule is Cc1cc(NCc2csc(C)n2)c2ccccc2n1. The van der Waals surface area contributed by atoms with E-state index in [9.17, 15) is 0 Å². The zero-order chi connectivity index (χ0) is 13.2. The van der Waals surface area contributed by atoms with Crippen molar-refractivity contribution >= 4 is 27.9 Å². The topological polar surface area (TPSA) is 37.8 Å². The molecule has 4 heteroatoms. The Balaban J connectivity index is 1.91. The van der Waals surface area contributed by atoms with Crippen LogP contribution in [0, 0.1) is 13.8 Å². The Hall–Kier alpha value is -1.94. The lowest BCUT2D eigenvalue weighted by Crippen LogP contribution is -2.01. The second kappa shape index (κ2) is 4.97. The molecule has 3 rings (SSSR count). The van der Waals surface area contributed by atoms with E-state index in [4.69, 9.17) is 0 Å². The molecule has 0 atom stereocenters. The Morgan fingerprint density at radius 1 is 1.16 bits per heavy atom. The van der Waals surface area contributed by atoms with Crippen LogP contribution in [0.3, 0.4) is 0 Å². The van der Waals surface area contributed by atoms with Crippen molar-refractivity contribution in [1.29, 1.82) is 0 Å². The van der Waals surface area contributed by atoms with Crippen LogP contribution >= 0.6 is 11.3 Å². The van der Waals surface area contributed by atoms with Crippen molar-refractivity contribution in [2.24, 2.45) is 0 Å². The summed E-state index contributed by atoms with van der Waals surface area (Å²) in [6, 6.07) is 10.3. The van der Waals surface area contributed by atoms with Crippen LogP contribution in [0.15, 0.2) is 35.7 Å². The van der Waals surface area contributed by atoms with Crippen molar-refractivity contribution in [3.05, 3.63) is 52.1 Å². The van der Waals surface area contributed by atoms with E-state index in [2.05, 4.69) is 32.8 Å². The van der Waals surface area contributed by atoms with E-state index in [-0.39, 0.29) is 0 Å². The lowest BCUT2D eigenvalue weighted by atomic mass is 10.1. The molecule has 0 spiro atoms. The number of nitrogens with one attached hydrogen (secondary N) is 1. The van der Waals surface area contributed by atoms with E-state index >= 15 is 0 Å². The number of para-hydroxylation sites is 1. The van der Waals surface area contributed by atoms with Gasteiger partial charge in [-0.1, -0.05) is 18.2 Å². The lowest BCUT2D eigenvalue weighted by Gasteiger charge is -2.09. The number of hydrogen-bond acceptors (Lipinski definition) is 4. The molecule has 0 radical (unpaired) electrons. The van der Waals surface area contributed by atoms with Gasteiger partial charge in [-0.2, -0.15) is 0 Å². The molecule has 0 amide bonds. The molecule has 19 heavy (non-hydrogen) atoms. The molecular formula is C15H15N3S. The smallest absolute Gasteiger partial charge is 0.0898 e. The molecule has 0 aliphatic carbocycles. The molecule has 3 nitrogen and oxygen atoms in total. The molecule has 96 valence electrons. The molecular weight excluding hydrogens is 254 g/mol. The monoisotopic (exact) mass is 269 g/mol. The fraction of sp³-hybridized carbons (Fsp3) is 0.200. The molecule has 1 aromatic carbocycles. The molecule has 0 aliphatic heterocycles. The summed E-state index contributed by atoms with van der Waals surface area (Å²) in [5.74, 6) is 0. The van der Waals surface area contributed by atoms with Gasteiger partial charge in [0.25, 0.3) is 0 Å². The van der Waals surface area contributed by atoms with E-state index in [0.29, 0.717) is 0 Å². The minimum Gasteiger partial charge on any atom is -0.379 e. The van der Waals surface area contributed by atoms with Crippen molar-refractivity contribution < 1.29 is 0 Å². The standard InChI is InChI=1S/C15H15N3S/c1-10-7-15(13-5-3-4-6-14(13)17-10)16-8-12-9-19-11(2)18-12/h3-7,9H,8H2,1-2H3,(H,16,17). The maximum absolute atomic E-state index is 4.54. The van der Waals surface area contributed by atoms with Gasteiger partial charge in [-0.05, 0) is 26.0 Å². The van der Waals surface area contributed by atoms with Crippen LogP contribution in [-0.4, -0.2) is 9.97 Å². The third kappa shape index (κ3) is 2.58. The zero-order valence-electron chi connectivity index (χ0n) is 11.0. The third-order valence-electron chi connectivity index (χ3n) is 2.97. The van der Waals surface area contributed by atoms with E-state index in [1.807, 2.05) is 32.0 Å². The van der Waals surface area contributed by atoms with Gasteiger partial charge in [-0.15, -0.1) is 11.3 Å². The summed E-state index contributed by atoms with van der Waals surface area (Å²) in [4.78, 5) is 9.01. The Morgan fingerprint density at radius 2 is 2.00 bits per heavy atom. The normalized spacial score (nSPS) is 10.8. The van der Waals surface area contributed by atoms with Crippen LogP contribution < -0.4 is 5.32 Å². The number of aryl methyl sites for hydroxylation is 2. The van der Waals surface area contributed by atoms with Crippen LogP contribution in [0.4, 0.5) is 5.69 Å². The Labute approximate surface area is 116 Å². The molecule has 2 heterocycles. The fourth-order valence-electron chi connectivity index (χ4n) is 2.13. The van der Waals surface area contributed by atoms with Gasteiger partial charge < -0.3 is 5.32 Å². The summed E-state index contributed by atoms with van der Waals surface area (Å²) in [6.45, 7) is 4.79. The number of pyridine rings is 1. The van der Waals surface area contributed by atoms with Crippen LogP contribution in [0.2, 0.25) is 0 Å². The predicted octanol–water partition coefficient (Wildman–Crippen LogP) is 3.92. The highest BCUT2D eigenvalue weighted by Crippen LogP contribution is 2.23. The number of anilines is 1. The molecule has 0 fully saturated rings. The van der Waals surface area contributed by atoms with Crippen molar-refractivity contribution in [3.8, 4) is 0 Å². The minimum absolute atomic E-state index is 0.748.